The predicted octanol–water partition coefficient (Wildman–Crippen LogP) is 2.31. The zero-order chi connectivity index (χ0) is 13.0. The highest BCUT2D eigenvalue weighted by atomic mass is 16.5. The molecule has 1 aromatic rings. The minimum Gasteiger partial charge on any atom is -0.494 e. The van der Waals surface area contributed by atoms with Crippen LogP contribution in [0.2, 0.25) is 0 Å². The topological polar surface area (TPSA) is 49.8 Å². The van der Waals surface area contributed by atoms with Gasteiger partial charge >= 0.3 is 5.97 Å². The highest BCUT2D eigenvalue weighted by Gasteiger charge is 2.19. The molecule has 1 N–H and O–H groups in total. The number of ether oxygens (including phenoxy) is 1. The van der Waals surface area contributed by atoms with Gasteiger partial charge in [0.1, 0.15) is 5.75 Å². The number of benzene rings is 1. The molecule has 0 saturated heterocycles. The SMILES string of the molecule is CCCOc1ccc2c(c1)CCN2CCC(=O)O. The molecule has 1 aliphatic rings. The first-order chi connectivity index (χ1) is 8.70. The van der Waals surface area contributed by atoms with E-state index in [1.807, 2.05) is 12.1 Å². The van der Waals surface area contributed by atoms with Crippen LogP contribution in [0.5, 0.6) is 5.75 Å². The van der Waals surface area contributed by atoms with E-state index in [1.165, 1.54) is 5.56 Å². The minimum atomic E-state index is -0.744. The minimum absolute atomic E-state index is 0.188. The number of carboxylic acids is 1. The van der Waals surface area contributed by atoms with Crippen LogP contribution in [0.1, 0.15) is 25.3 Å². The third-order valence-corrected chi connectivity index (χ3v) is 3.11. The predicted molar refractivity (Wildman–Crippen MR) is 70.4 cm³/mol. The molecule has 0 bridgehead atoms. The van der Waals surface area contributed by atoms with Gasteiger partial charge in [-0.05, 0) is 36.6 Å². The second-order valence-electron chi connectivity index (χ2n) is 4.52. The molecule has 0 radical (unpaired) electrons. The second-order valence-corrected chi connectivity index (χ2v) is 4.52. The van der Waals surface area contributed by atoms with Gasteiger partial charge in [-0.1, -0.05) is 6.92 Å². The van der Waals surface area contributed by atoms with Gasteiger partial charge in [-0.2, -0.15) is 0 Å². The van der Waals surface area contributed by atoms with Crippen LogP contribution in [0.4, 0.5) is 5.69 Å². The fourth-order valence-electron chi connectivity index (χ4n) is 2.22. The summed E-state index contributed by atoms with van der Waals surface area (Å²) in [5.74, 6) is 0.169. The first-order valence-corrected chi connectivity index (χ1v) is 6.43. The van der Waals surface area contributed by atoms with Gasteiger partial charge < -0.3 is 14.7 Å². The van der Waals surface area contributed by atoms with Gasteiger partial charge in [0.25, 0.3) is 0 Å². The van der Waals surface area contributed by atoms with Gasteiger partial charge in [0.2, 0.25) is 0 Å². The maximum atomic E-state index is 10.6. The Morgan fingerprint density at radius 2 is 2.33 bits per heavy atom. The lowest BCUT2D eigenvalue weighted by Gasteiger charge is -2.18. The molecule has 0 aromatic heterocycles. The Morgan fingerprint density at radius 3 is 3.06 bits per heavy atom. The Kier molecular flexibility index (Phi) is 4.07. The van der Waals surface area contributed by atoms with Gasteiger partial charge in [0, 0.05) is 18.8 Å². The van der Waals surface area contributed by atoms with E-state index in [1.54, 1.807) is 0 Å². The summed E-state index contributed by atoms with van der Waals surface area (Å²) in [6.07, 6.45) is 2.16. The fourth-order valence-corrected chi connectivity index (χ4v) is 2.22. The molecule has 0 aliphatic carbocycles. The largest absolute Gasteiger partial charge is 0.494 e. The van der Waals surface area contributed by atoms with Crippen LogP contribution >= 0.6 is 0 Å². The summed E-state index contributed by atoms with van der Waals surface area (Å²) in [7, 11) is 0. The molecule has 0 amide bonds. The smallest absolute Gasteiger partial charge is 0.305 e. The monoisotopic (exact) mass is 249 g/mol. The summed E-state index contributed by atoms with van der Waals surface area (Å²) >= 11 is 0. The van der Waals surface area contributed by atoms with E-state index in [0.717, 1.165) is 37.4 Å². The normalized spacial score (nSPS) is 13.5. The van der Waals surface area contributed by atoms with Crippen LogP contribution in [0.15, 0.2) is 18.2 Å². The molecule has 18 heavy (non-hydrogen) atoms. The molecule has 4 nitrogen and oxygen atoms in total. The number of hydrogen-bond donors (Lipinski definition) is 1. The molecule has 0 saturated carbocycles. The van der Waals surface area contributed by atoms with Crippen LogP contribution in [-0.4, -0.2) is 30.8 Å². The average Bonchev–Trinajstić information content (AvgIpc) is 2.76. The second kappa shape index (κ2) is 5.76. The Labute approximate surface area is 107 Å². The van der Waals surface area contributed by atoms with Crippen molar-refractivity contribution < 1.29 is 14.6 Å². The quantitative estimate of drug-likeness (QED) is 0.840. The van der Waals surface area contributed by atoms with Gasteiger partial charge in [-0.15, -0.1) is 0 Å². The summed E-state index contributed by atoms with van der Waals surface area (Å²) in [5.41, 5.74) is 2.41. The summed E-state index contributed by atoms with van der Waals surface area (Å²) in [5, 5.41) is 8.72. The third kappa shape index (κ3) is 2.94. The number of rotatable bonds is 6. The molecule has 0 fully saturated rings. The first-order valence-electron chi connectivity index (χ1n) is 6.43. The number of aliphatic carboxylic acids is 1. The first kappa shape index (κ1) is 12.7. The molecule has 1 heterocycles. The molecule has 2 rings (SSSR count). The molecule has 0 unspecified atom stereocenters. The van der Waals surface area contributed by atoms with E-state index < -0.39 is 5.97 Å². The molecule has 4 heteroatoms. The third-order valence-electron chi connectivity index (χ3n) is 3.11. The molecule has 1 aromatic carbocycles. The Hall–Kier alpha value is -1.71. The van der Waals surface area contributed by atoms with Gasteiger partial charge in [0.15, 0.2) is 0 Å². The molecule has 1 aliphatic heterocycles. The lowest BCUT2D eigenvalue weighted by molar-refractivity contribution is -0.136. The van der Waals surface area contributed by atoms with Gasteiger partial charge in [-0.25, -0.2) is 0 Å². The standard InChI is InChI=1S/C14H19NO3/c1-2-9-18-12-3-4-13-11(10-12)5-7-15(13)8-6-14(16)17/h3-4,10H,2,5-9H2,1H3,(H,16,17). The summed E-state index contributed by atoms with van der Waals surface area (Å²) in [4.78, 5) is 12.7. The van der Waals surface area contributed by atoms with Crippen molar-refractivity contribution >= 4 is 11.7 Å². The van der Waals surface area contributed by atoms with E-state index in [2.05, 4.69) is 17.9 Å². The van der Waals surface area contributed by atoms with Crippen molar-refractivity contribution in [3.63, 3.8) is 0 Å². The van der Waals surface area contributed by atoms with Crippen molar-refractivity contribution in [1.82, 2.24) is 0 Å². The fraction of sp³-hybridized carbons (Fsp3) is 0.500. The van der Waals surface area contributed by atoms with Crippen molar-refractivity contribution in [2.75, 3.05) is 24.6 Å². The van der Waals surface area contributed by atoms with Crippen LogP contribution < -0.4 is 9.64 Å². The summed E-state index contributed by atoms with van der Waals surface area (Å²) in [6, 6.07) is 6.08. The summed E-state index contributed by atoms with van der Waals surface area (Å²) in [6.45, 7) is 4.31. The van der Waals surface area contributed by atoms with Gasteiger partial charge in [-0.3, -0.25) is 4.79 Å². The highest BCUT2D eigenvalue weighted by molar-refractivity contribution is 5.68. The molecule has 98 valence electrons. The summed E-state index contributed by atoms with van der Waals surface area (Å²) < 4.78 is 5.60. The maximum absolute atomic E-state index is 10.6. The number of hydrogen-bond acceptors (Lipinski definition) is 3. The van der Waals surface area contributed by atoms with Crippen molar-refractivity contribution in [3.05, 3.63) is 23.8 Å². The average molecular weight is 249 g/mol. The van der Waals surface area contributed by atoms with E-state index in [0.29, 0.717) is 6.54 Å². The maximum Gasteiger partial charge on any atom is 0.305 e. The molecule has 0 spiro atoms. The number of fused-ring (bicyclic) bond motifs is 1. The zero-order valence-electron chi connectivity index (χ0n) is 10.7. The lowest BCUT2D eigenvalue weighted by Crippen LogP contribution is -2.23. The Balaban J connectivity index is 2.02. The van der Waals surface area contributed by atoms with Gasteiger partial charge in [0.05, 0.1) is 13.0 Å². The van der Waals surface area contributed by atoms with Crippen LogP contribution in [-0.2, 0) is 11.2 Å². The lowest BCUT2D eigenvalue weighted by atomic mass is 10.1. The number of carboxylic acid groups (broad SMARTS) is 1. The molecular formula is C14H19NO3. The molecular weight excluding hydrogens is 230 g/mol. The number of anilines is 1. The molecule has 0 atom stereocenters. The van der Waals surface area contributed by atoms with E-state index in [4.69, 9.17) is 9.84 Å². The van der Waals surface area contributed by atoms with Crippen LogP contribution in [0, 0.1) is 0 Å². The van der Waals surface area contributed by atoms with Crippen LogP contribution in [0.3, 0.4) is 0 Å². The zero-order valence-corrected chi connectivity index (χ0v) is 10.7. The van der Waals surface area contributed by atoms with E-state index in [-0.39, 0.29) is 6.42 Å². The van der Waals surface area contributed by atoms with Crippen molar-refractivity contribution in [3.8, 4) is 5.75 Å². The Bertz CT molecular complexity index is 431. The highest BCUT2D eigenvalue weighted by Crippen LogP contribution is 2.31. The van der Waals surface area contributed by atoms with E-state index >= 15 is 0 Å². The Morgan fingerprint density at radius 1 is 1.50 bits per heavy atom. The van der Waals surface area contributed by atoms with Crippen molar-refractivity contribution in [2.24, 2.45) is 0 Å². The van der Waals surface area contributed by atoms with Crippen molar-refractivity contribution in [1.29, 1.82) is 0 Å². The number of carbonyl (C=O) groups is 1. The number of nitrogens with zero attached hydrogens (tertiary/aromatic N) is 1. The van der Waals surface area contributed by atoms with Crippen molar-refractivity contribution in [2.45, 2.75) is 26.2 Å². The van der Waals surface area contributed by atoms with Crippen LogP contribution in [0.25, 0.3) is 0 Å². The van der Waals surface area contributed by atoms with E-state index in [9.17, 15) is 4.79 Å².